The van der Waals surface area contributed by atoms with E-state index in [4.69, 9.17) is 0 Å². The van der Waals surface area contributed by atoms with E-state index in [-0.39, 0.29) is 24.2 Å². The minimum Gasteiger partial charge on any atom is -0.323 e. The molecule has 1 aromatic heterocycles. The third kappa shape index (κ3) is 3.27. The SMILES string of the molecule is O=C(CCn1nnc2ccccc2c1=O)Nc1cc(F)ccc1F. The van der Waals surface area contributed by atoms with Crippen molar-refractivity contribution in [3.05, 3.63) is 64.5 Å². The number of aryl methyl sites for hydroxylation is 1. The van der Waals surface area contributed by atoms with Gasteiger partial charge in [-0.15, -0.1) is 5.10 Å². The lowest BCUT2D eigenvalue weighted by Gasteiger charge is -2.07. The lowest BCUT2D eigenvalue weighted by atomic mass is 10.2. The first kappa shape index (κ1) is 15.7. The van der Waals surface area contributed by atoms with Crippen LogP contribution >= 0.6 is 0 Å². The number of hydrogen-bond acceptors (Lipinski definition) is 4. The van der Waals surface area contributed by atoms with E-state index in [1.54, 1.807) is 24.3 Å². The topological polar surface area (TPSA) is 76.9 Å². The van der Waals surface area contributed by atoms with Crippen LogP contribution in [0, 0.1) is 11.6 Å². The second kappa shape index (κ2) is 6.53. The molecule has 3 rings (SSSR count). The molecule has 0 aliphatic carbocycles. The van der Waals surface area contributed by atoms with Gasteiger partial charge in [0.05, 0.1) is 17.6 Å². The minimum atomic E-state index is -0.743. The third-order valence-corrected chi connectivity index (χ3v) is 3.38. The van der Waals surface area contributed by atoms with Gasteiger partial charge >= 0.3 is 0 Å². The molecule has 0 fully saturated rings. The molecule has 0 aliphatic rings. The van der Waals surface area contributed by atoms with Gasteiger partial charge in [-0.25, -0.2) is 13.5 Å². The second-order valence-electron chi connectivity index (χ2n) is 5.06. The lowest BCUT2D eigenvalue weighted by molar-refractivity contribution is -0.116. The molecule has 122 valence electrons. The molecule has 0 saturated carbocycles. The van der Waals surface area contributed by atoms with Crippen LogP contribution in [0.25, 0.3) is 10.9 Å². The molecular weight excluding hydrogens is 318 g/mol. The van der Waals surface area contributed by atoms with Crippen molar-refractivity contribution >= 4 is 22.5 Å². The molecule has 0 atom stereocenters. The van der Waals surface area contributed by atoms with Gasteiger partial charge in [0.2, 0.25) is 5.91 Å². The molecule has 0 spiro atoms. The summed E-state index contributed by atoms with van der Waals surface area (Å²) >= 11 is 0. The fourth-order valence-corrected chi connectivity index (χ4v) is 2.18. The van der Waals surface area contributed by atoms with Gasteiger partial charge < -0.3 is 5.32 Å². The van der Waals surface area contributed by atoms with E-state index in [1.165, 1.54) is 0 Å². The van der Waals surface area contributed by atoms with Crippen LogP contribution in [0.2, 0.25) is 0 Å². The molecule has 8 heteroatoms. The van der Waals surface area contributed by atoms with Crippen LogP contribution in [0.3, 0.4) is 0 Å². The summed E-state index contributed by atoms with van der Waals surface area (Å²) in [5, 5.41) is 10.3. The Morgan fingerprint density at radius 1 is 1.17 bits per heavy atom. The van der Waals surface area contributed by atoms with E-state index < -0.39 is 17.5 Å². The number of amides is 1. The average molecular weight is 330 g/mol. The standard InChI is InChI=1S/C16H12F2N4O2/c17-10-5-6-12(18)14(9-10)19-15(23)7-8-22-16(24)11-3-1-2-4-13(11)20-21-22/h1-6,9H,7-8H2,(H,19,23). The Morgan fingerprint density at radius 3 is 2.79 bits per heavy atom. The summed E-state index contributed by atoms with van der Waals surface area (Å²) in [5.74, 6) is -1.97. The monoisotopic (exact) mass is 330 g/mol. The van der Waals surface area contributed by atoms with E-state index in [2.05, 4.69) is 15.6 Å². The first-order chi connectivity index (χ1) is 11.5. The summed E-state index contributed by atoms with van der Waals surface area (Å²) in [4.78, 5) is 24.1. The fraction of sp³-hybridized carbons (Fsp3) is 0.125. The van der Waals surface area contributed by atoms with Crippen LogP contribution in [0.1, 0.15) is 6.42 Å². The van der Waals surface area contributed by atoms with Crippen molar-refractivity contribution in [3.63, 3.8) is 0 Å². The molecular formula is C16H12F2N4O2. The van der Waals surface area contributed by atoms with Crippen molar-refractivity contribution in [2.24, 2.45) is 0 Å². The zero-order valence-electron chi connectivity index (χ0n) is 12.4. The Balaban J connectivity index is 1.71. The van der Waals surface area contributed by atoms with Crippen molar-refractivity contribution in [3.8, 4) is 0 Å². The fourth-order valence-electron chi connectivity index (χ4n) is 2.18. The Morgan fingerprint density at radius 2 is 1.96 bits per heavy atom. The van der Waals surface area contributed by atoms with Crippen molar-refractivity contribution in [2.75, 3.05) is 5.32 Å². The highest BCUT2D eigenvalue weighted by molar-refractivity contribution is 5.90. The van der Waals surface area contributed by atoms with Gasteiger partial charge in [0.1, 0.15) is 17.2 Å². The minimum absolute atomic E-state index is 0.0283. The number of rotatable bonds is 4. The maximum atomic E-state index is 13.5. The zero-order chi connectivity index (χ0) is 17.1. The Bertz CT molecular complexity index is 972. The number of carbonyl (C=O) groups excluding carboxylic acids is 1. The molecule has 1 heterocycles. The number of anilines is 1. The molecule has 0 unspecified atom stereocenters. The van der Waals surface area contributed by atoms with Gasteiger partial charge in [-0.3, -0.25) is 9.59 Å². The summed E-state index contributed by atoms with van der Waals surface area (Å²) in [5.41, 5.74) is -0.160. The van der Waals surface area contributed by atoms with Crippen LogP contribution < -0.4 is 10.9 Å². The van der Waals surface area contributed by atoms with Crippen LogP contribution in [0.4, 0.5) is 14.5 Å². The molecule has 1 N–H and O–H groups in total. The number of benzene rings is 2. The number of aromatic nitrogens is 3. The van der Waals surface area contributed by atoms with Crippen molar-refractivity contribution in [2.45, 2.75) is 13.0 Å². The molecule has 2 aromatic carbocycles. The largest absolute Gasteiger partial charge is 0.323 e. The van der Waals surface area contributed by atoms with Crippen molar-refractivity contribution < 1.29 is 13.6 Å². The lowest BCUT2D eigenvalue weighted by Crippen LogP contribution is -2.26. The number of fused-ring (bicyclic) bond motifs is 1. The van der Waals surface area contributed by atoms with Crippen LogP contribution in [0.15, 0.2) is 47.3 Å². The molecule has 24 heavy (non-hydrogen) atoms. The van der Waals surface area contributed by atoms with Gasteiger partial charge in [0, 0.05) is 12.5 Å². The smallest absolute Gasteiger partial charge is 0.277 e. The van der Waals surface area contributed by atoms with E-state index in [0.29, 0.717) is 10.9 Å². The molecule has 0 radical (unpaired) electrons. The van der Waals surface area contributed by atoms with Crippen LogP contribution in [-0.2, 0) is 11.3 Å². The van der Waals surface area contributed by atoms with Gasteiger partial charge in [0.25, 0.3) is 5.56 Å². The number of halogens is 2. The zero-order valence-corrected chi connectivity index (χ0v) is 12.4. The highest BCUT2D eigenvalue weighted by Gasteiger charge is 2.10. The molecule has 3 aromatic rings. The van der Waals surface area contributed by atoms with E-state index in [1.807, 2.05) is 0 Å². The number of nitrogens with zero attached hydrogens (tertiary/aromatic N) is 3. The highest BCUT2D eigenvalue weighted by Crippen LogP contribution is 2.15. The summed E-state index contributed by atoms with van der Waals surface area (Å²) in [6, 6.07) is 9.48. The maximum absolute atomic E-state index is 13.5. The van der Waals surface area contributed by atoms with Gasteiger partial charge in [-0.1, -0.05) is 17.3 Å². The van der Waals surface area contributed by atoms with Gasteiger partial charge in [-0.05, 0) is 24.3 Å². The number of hydrogen-bond donors (Lipinski definition) is 1. The summed E-state index contributed by atoms with van der Waals surface area (Å²) in [6.07, 6.45) is -0.136. The van der Waals surface area contributed by atoms with Gasteiger partial charge in [0.15, 0.2) is 0 Å². The van der Waals surface area contributed by atoms with E-state index in [9.17, 15) is 18.4 Å². The highest BCUT2D eigenvalue weighted by atomic mass is 19.1. The molecule has 0 saturated heterocycles. The van der Waals surface area contributed by atoms with Gasteiger partial charge in [-0.2, -0.15) is 0 Å². The summed E-state index contributed by atoms with van der Waals surface area (Å²) in [7, 11) is 0. The normalized spacial score (nSPS) is 10.8. The van der Waals surface area contributed by atoms with Crippen LogP contribution in [0.5, 0.6) is 0 Å². The quantitative estimate of drug-likeness (QED) is 0.795. The number of carbonyl (C=O) groups is 1. The van der Waals surface area contributed by atoms with Crippen molar-refractivity contribution in [1.29, 1.82) is 0 Å². The van der Waals surface area contributed by atoms with E-state index >= 15 is 0 Å². The first-order valence-corrected chi connectivity index (χ1v) is 7.12. The predicted octanol–water partition coefficient (Wildman–Crippen LogP) is 2.10. The third-order valence-electron chi connectivity index (χ3n) is 3.38. The van der Waals surface area contributed by atoms with Crippen LogP contribution in [-0.4, -0.2) is 20.9 Å². The predicted molar refractivity (Wildman–Crippen MR) is 83.4 cm³/mol. The molecule has 0 aliphatic heterocycles. The second-order valence-corrected chi connectivity index (χ2v) is 5.06. The summed E-state index contributed by atoms with van der Waals surface area (Å²) in [6.45, 7) is -0.0283. The number of nitrogens with one attached hydrogen (secondary N) is 1. The maximum Gasteiger partial charge on any atom is 0.277 e. The molecule has 6 nitrogen and oxygen atoms in total. The molecule has 1 amide bonds. The first-order valence-electron chi connectivity index (χ1n) is 7.12. The van der Waals surface area contributed by atoms with Crippen molar-refractivity contribution in [1.82, 2.24) is 15.0 Å². The van der Waals surface area contributed by atoms with E-state index in [0.717, 1.165) is 22.9 Å². The average Bonchev–Trinajstić information content (AvgIpc) is 2.58. The Labute approximate surface area is 134 Å². The summed E-state index contributed by atoms with van der Waals surface area (Å²) < 4.78 is 27.6. The molecule has 0 bridgehead atoms. The Hall–Kier alpha value is -3.16. The Kier molecular flexibility index (Phi) is 4.28.